The van der Waals surface area contributed by atoms with E-state index in [4.69, 9.17) is 0 Å². The molecule has 2 fully saturated rings. The molecule has 19 heavy (non-hydrogen) atoms. The summed E-state index contributed by atoms with van der Waals surface area (Å²) in [4.78, 5) is 25.6. The maximum atomic E-state index is 11.9. The Balaban J connectivity index is 1.62. The standard InChI is InChI=1S/C14H25N3O2/c1-15-8-2-3-13(18)16-12-6-9-17(10-7-12)14(19)11-4-5-11/h11-12,15H,2-10H2,1H3,(H,16,18). The van der Waals surface area contributed by atoms with Crippen LogP contribution in [0.15, 0.2) is 0 Å². The summed E-state index contributed by atoms with van der Waals surface area (Å²) in [5, 5.41) is 6.11. The summed E-state index contributed by atoms with van der Waals surface area (Å²) in [7, 11) is 1.89. The topological polar surface area (TPSA) is 61.4 Å². The smallest absolute Gasteiger partial charge is 0.225 e. The van der Waals surface area contributed by atoms with Gasteiger partial charge in [-0.25, -0.2) is 0 Å². The molecule has 1 saturated heterocycles. The first-order valence-corrected chi connectivity index (χ1v) is 7.43. The molecule has 0 radical (unpaired) electrons. The molecule has 5 nitrogen and oxygen atoms in total. The predicted molar refractivity (Wildman–Crippen MR) is 73.6 cm³/mol. The molecule has 1 aliphatic carbocycles. The van der Waals surface area contributed by atoms with Gasteiger partial charge in [0, 0.05) is 31.5 Å². The van der Waals surface area contributed by atoms with Crippen molar-refractivity contribution in [1.82, 2.24) is 15.5 Å². The van der Waals surface area contributed by atoms with E-state index in [-0.39, 0.29) is 11.9 Å². The Morgan fingerprint density at radius 3 is 2.42 bits per heavy atom. The fourth-order valence-electron chi connectivity index (χ4n) is 2.56. The van der Waals surface area contributed by atoms with Crippen LogP contribution >= 0.6 is 0 Å². The maximum Gasteiger partial charge on any atom is 0.225 e. The number of nitrogens with one attached hydrogen (secondary N) is 2. The molecular weight excluding hydrogens is 242 g/mol. The third-order valence-corrected chi connectivity index (χ3v) is 3.93. The SMILES string of the molecule is CNCCCC(=O)NC1CCN(C(=O)C2CC2)CC1. The van der Waals surface area contributed by atoms with E-state index in [0.29, 0.717) is 18.2 Å². The minimum absolute atomic E-state index is 0.141. The van der Waals surface area contributed by atoms with Crippen molar-refractivity contribution in [1.29, 1.82) is 0 Å². The molecule has 0 aromatic rings. The zero-order valence-corrected chi connectivity index (χ0v) is 11.8. The number of amides is 2. The highest BCUT2D eigenvalue weighted by molar-refractivity contribution is 5.81. The summed E-state index contributed by atoms with van der Waals surface area (Å²) >= 11 is 0. The van der Waals surface area contributed by atoms with Crippen molar-refractivity contribution < 1.29 is 9.59 Å². The average Bonchev–Trinajstić information content (AvgIpc) is 3.23. The van der Waals surface area contributed by atoms with E-state index in [1.165, 1.54) is 0 Å². The van der Waals surface area contributed by atoms with Gasteiger partial charge in [-0.2, -0.15) is 0 Å². The number of rotatable bonds is 6. The van der Waals surface area contributed by atoms with Gasteiger partial charge in [0.05, 0.1) is 0 Å². The van der Waals surface area contributed by atoms with Crippen molar-refractivity contribution in [2.24, 2.45) is 5.92 Å². The van der Waals surface area contributed by atoms with Gasteiger partial charge in [0.2, 0.25) is 11.8 Å². The lowest BCUT2D eigenvalue weighted by Gasteiger charge is -2.32. The summed E-state index contributed by atoms with van der Waals surface area (Å²) in [6, 6.07) is 0.255. The Morgan fingerprint density at radius 2 is 1.84 bits per heavy atom. The fourth-order valence-corrected chi connectivity index (χ4v) is 2.56. The Bertz CT molecular complexity index is 321. The van der Waals surface area contributed by atoms with Gasteiger partial charge < -0.3 is 15.5 Å². The first-order valence-electron chi connectivity index (χ1n) is 7.43. The maximum absolute atomic E-state index is 11.9. The molecule has 0 aromatic heterocycles. The number of nitrogens with zero attached hydrogens (tertiary/aromatic N) is 1. The van der Waals surface area contributed by atoms with E-state index < -0.39 is 0 Å². The van der Waals surface area contributed by atoms with Crippen LogP contribution in [0.2, 0.25) is 0 Å². The molecule has 2 rings (SSSR count). The molecule has 0 unspecified atom stereocenters. The first-order chi connectivity index (χ1) is 9.20. The molecule has 1 heterocycles. The lowest BCUT2D eigenvalue weighted by molar-refractivity contribution is -0.133. The fraction of sp³-hybridized carbons (Fsp3) is 0.857. The van der Waals surface area contributed by atoms with Crippen molar-refractivity contribution in [2.75, 3.05) is 26.7 Å². The summed E-state index contributed by atoms with van der Waals surface area (Å²) < 4.78 is 0. The van der Waals surface area contributed by atoms with Crippen LogP contribution in [0.5, 0.6) is 0 Å². The molecule has 0 atom stereocenters. The van der Waals surface area contributed by atoms with Crippen molar-refractivity contribution in [3.8, 4) is 0 Å². The number of likely N-dealkylation sites (tertiary alicyclic amines) is 1. The quantitative estimate of drug-likeness (QED) is 0.689. The average molecular weight is 267 g/mol. The van der Waals surface area contributed by atoms with Crippen LogP contribution < -0.4 is 10.6 Å². The highest BCUT2D eigenvalue weighted by atomic mass is 16.2. The van der Waals surface area contributed by atoms with Crippen molar-refractivity contribution in [3.63, 3.8) is 0 Å². The highest BCUT2D eigenvalue weighted by Gasteiger charge is 2.34. The van der Waals surface area contributed by atoms with E-state index >= 15 is 0 Å². The summed E-state index contributed by atoms with van der Waals surface area (Å²) in [6.45, 7) is 2.48. The lowest BCUT2D eigenvalue weighted by atomic mass is 10.0. The third kappa shape index (κ3) is 4.49. The first kappa shape index (κ1) is 14.3. The van der Waals surface area contributed by atoms with Crippen LogP contribution in [0, 0.1) is 5.92 Å². The van der Waals surface area contributed by atoms with E-state index in [1.54, 1.807) is 0 Å². The molecule has 1 saturated carbocycles. The summed E-state index contributed by atoms with van der Waals surface area (Å²) in [5.74, 6) is 0.786. The van der Waals surface area contributed by atoms with Crippen LogP contribution in [-0.4, -0.2) is 49.4 Å². The van der Waals surface area contributed by atoms with Gasteiger partial charge in [-0.1, -0.05) is 0 Å². The van der Waals surface area contributed by atoms with Crippen LogP contribution in [0.4, 0.5) is 0 Å². The van der Waals surface area contributed by atoms with Gasteiger partial charge in [-0.15, -0.1) is 0 Å². The molecule has 0 spiro atoms. The number of piperidine rings is 1. The van der Waals surface area contributed by atoms with Crippen molar-refractivity contribution in [2.45, 2.75) is 44.6 Å². The lowest BCUT2D eigenvalue weighted by Crippen LogP contribution is -2.47. The minimum Gasteiger partial charge on any atom is -0.353 e. The van der Waals surface area contributed by atoms with Crippen LogP contribution in [-0.2, 0) is 9.59 Å². The second-order valence-corrected chi connectivity index (χ2v) is 5.65. The number of hydrogen-bond donors (Lipinski definition) is 2. The molecule has 0 bridgehead atoms. The van der Waals surface area contributed by atoms with E-state index in [9.17, 15) is 9.59 Å². The Hall–Kier alpha value is -1.10. The molecule has 2 aliphatic rings. The normalized spacial score (nSPS) is 20.4. The van der Waals surface area contributed by atoms with Crippen molar-refractivity contribution >= 4 is 11.8 Å². The van der Waals surface area contributed by atoms with Gasteiger partial charge in [-0.05, 0) is 45.7 Å². The van der Waals surface area contributed by atoms with Gasteiger partial charge in [0.1, 0.15) is 0 Å². The zero-order chi connectivity index (χ0) is 13.7. The largest absolute Gasteiger partial charge is 0.353 e. The minimum atomic E-state index is 0.141. The van der Waals surface area contributed by atoms with Gasteiger partial charge in [0.15, 0.2) is 0 Å². The number of carbonyl (C=O) groups is 2. The second kappa shape index (κ2) is 6.89. The Kier molecular flexibility index (Phi) is 5.19. The Morgan fingerprint density at radius 1 is 1.16 bits per heavy atom. The molecule has 0 aromatic carbocycles. The molecule has 1 aliphatic heterocycles. The zero-order valence-electron chi connectivity index (χ0n) is 11.8. The van der Waals surface area contributed by atoms with E-state index in [1.807, 2.05) is 11.9 Å². The van der Waals surface area contributed by atoms with E-state index in [2.05, 4.69) is 10.6 Å². The molecular formula is C14H25N3O2. The van der Waals surface area contributed by atoms with Crippen molar-refractivity contribution in [3.05, 3.63) is 0 Å². The third-order valence-electron chi connectivity index (χ3n) is 3.93. The van der Waals surface area contributed by atoms with Gasteiger partial charge in [0.25, 0.3) is 0 Å². The molecule has 108 valence electrons. The van der Waals surface area contributed by atoms with Gasteiger partial charge >= 0.3 is 0 Å². The highest BCUT2D eigenvalue weighted by Crippen LogP contribution is 2.31. The molecule has 2 amide bonds. The van der Waals surface area contributed by atoms with Gasteiger partial charge in [-0.3, -0.25) is 9.59 Å². The predicted octanol–water partition coefficient (Wildman–Crippen LogP) is 0.503. The summed E-state index contributed by atoms with van der Waals surface area (Å²) in [6.07, 6.45) is 5.40. The number of hydrogen-bond acceptors (Lipinski definition) is 3. The molecule has 5 heteroatoms. The van der Waals surface area contributed by atoms with E-state index in [0.717, 1.165) is 51.7 Å². The second-order valence-electron chi connectivity index (χ2n) is 5.65. The summed E-state index contributed by atoms with van der Waals surface area (Å²) in [5.41, 5.74) is 0. The Labute approximate surface area is 115 Å². The monoisotopic (exact) mass is 267 g/mol. The van der Waals surface area contributed by atoms with Crippen LogP contribution in [0.1, 0.15) is 38.5 Å². The van der Waals surface area contributed by atoms with Crippen LogP contribution in [0.3, 0.4) is 0 Å². The molecule has 2 N–H and O–H groups in total. The van der Waals surface area contributed by atoms with Crippen LogP contribution in [0.25, 0.3) is 0 Å². The number of carbonyl (C=O) groups excluding carboxylic acids is 2.